The van der Waals surface area contributed by atoms with Gasteiger partial charge in [-0.05, 0) is 94.0 Å². The number of aromatic hydroxyl groups is 1. The molecule has 3 aromatic rings. The maximum Gasteiger partial charge on any atom is 0.408 e. The van der Waals surface area contributed by atoms with E-state index in [4.69, 9.17) is 11.2 Å². The lowest BCUT2D eigenvalue weighted by Crippen LogP contribution is -2.52. The molecule has 3 amide bonds. The molecule has 0 bridgehead atoms. The highest BCUT2D eigenvalue weighted by molar-refractivity contribution is 6.00. The number of amides is 3. The molecule has 0 aliphatic heterocycles. The summed E-state index contributed by atoms with van der Waals surface area (Å²) in [6.07, 6.45) is 5.20. The Morgan fingerprint density at radius 2 is 1.50 bits per heavy atom. The zero-order chi connectivity index (χ0) is 31.2. The Morgan fingerprint density at radius 1 is 0.929 bits per heavy atom. The van der Waals surface area contributed by atoms with Crippen molar-refractivity contribution in [1.29, 1.82) is 0 Å². The number of phenols is 1. The smallest absolute Gasteiger partial charge is 0.408 e. The number of aryl methyl sites for hydroxylation is 3. The summed E-state index contributed by atoms with van der Waals surface area (Å²) in [6, 6.07) is 17.5. The molecule has 0 aliphatic rings. The van der Waals surface area contributed by atoms with Crippen LogP contribution in [0.5, 0.6) is 5.75 Å². The van der Waals surface area contributed by atoms with Gasteiger partial charge in [-0.1, -0.05) is 55.0 Å². The van der Waals surface area contributed by atoms with E-state index >= 15 is 0 Å². The van der Waals surface area contributed by atoms with E-state index in [-0.39, 0.29) is 12.2 Å². The summed E-state index contributed by atoms with van der Waals surface area (Å²) >= 11 is 0. The molecule has 2 unspecified atom stereocenters. The largest absolute Gasteiger partial charge is 0.508 e. The SMILES string of the molecule is C#CN(C(=O)C(Cc1ccc(O)cc1)NC(=O)OC(C)(C)C)C(C(=O)Nc1c(C)cccc1C)c1cccc(C)c1C. The number of rotatable bonds is 8. The second-order valence-electron chi connectivity index (χ2n) is 11.4. The van der Waals surface area contributed by atoms with Crippen LogP contribution in [0.25, 0.3) is 0 Å². The molecule has 0 fully saturated rings. The summed E-state index contributed by atoms with van der Waals surface area (Å²) in [6.45, 7) is 12.7. The minimum Gasteiger partial charge on any atom is -0.508 e. The zero-order valence-electron chi connectivity index (χ0n) is 25.2. The summed E-state index contributed by atoms with van der Waals surface area (Å²) in [5.41, 5.74) is 4.49. The third-order valence-electron chi connectivity index (χ3n) is 6.92. The Hall–Kier alpha value is -4.77. The van der Waals surface area contributed by atoms with E-state index in [1.165, 1.54) is 12.1 Å². The maximum absolute atomic E-state index is 14.2. The number of anilines is 1. The lowest BCUT2D eigenvalue weighted by atomic mass is 9.94. The van der Waals surface area contributed by atoms with Crippen LogP contribution < -0.4 is 10.6 Å². The van der Waals surface area contributed by atoms with Crippen molar-refractivity contribution in [2.75, 3.05) is 5.32 Å². The predicted molar refractivity (Wildman–Crippen MR) is 164 cm³/mol. The molecular weight excluding hydrogens is 530 g/mol. The van der Waals surface area contributed by atoms with Crippen LogP contribution in [0.2, 0.25) is 0 Å². The van der Waals surface area contributed by atoms with Crippen LogP contribution in [-0.4, -0.2) is 39.6 Å². The molecule has 0 aliphatic carbocycles. The molecule has 0 saturated carbocycles. The number of alkyl carbamates (subject to hydrolysis) is 1. The normalized spacial score (nSPS) is 12.4. The van der Waals surface area contributed by atoms with Gasteiger partial charge in [0.25, 0.3) is 11.8 Å². The zero-order valence-corrected chi connectivity index (χ0v) is 25.2. The van der Waals surface area contributed by atoms with Crippen molar-refractivity contribution in [2.45, 2.75) is 72.6 Å². The highest BCUT2D eigenvalue weighted by Gasteiger charge is 2.37. The van der Waals surface area contributed by atoms with E-state index in [9.17, 15) is 19.5 Å². The molecule has 3 aromatic carbocycles. The van der Waals surface area contributed by atoms with E-state index in [0.29, 0.717) is 16.8 Å². The molecule has 0 aromatic heterocycles. The fraction of sp³-hybridized carbons (Fsp3) is 0.324. The van der Waals surface area contributed by atoms with Crippen LogP contribution >= 0.6 is 0 Å². The van der Waals surface area contributed by atoms with Crippen molar-refractivity contribution in [3.8, 4) is 18.2 Å². The van der Waals surface area contributed by atoms with Crippen molar-refractivity contribution in [3.63, 3.8) is 0 Å². The van der Waals surface area contributed by atoms with Gasteiger partial charge in [-0.15, -0.1) is 0 Å². The van der Waals surface area contributed by atoms with Crippen molar-refractivity contribution < 1.29 is 24.2 Å². The van der Waals surface area contributed by atoms with Crippen LogP contribution in [0.3, 0.4) is 0 Å². The van der Waals surface area contributed by atoms with E-state index in [1.807, 2.05) is 58.0 Å². The molecular formula is C34H39N3O5. The first-order chi connectivity index (χ1) is 19.7. The summed E-state index contributed by atoms with van der Waals surface area (Å²) in [5, 5.41) is 15.4. The van der Waals surface area contributed by atoms with E-state index in [1.54, 1.807) is 39.0 Å². The lowest BCUT2D eigenvalue weighted by Gasteiger charge is -2.31. The second kappa shape index (κ2) is 13.3. The Bertz CT molecular complexity index is 1480. The third kappa shape index (κ3) is 7.91. The summed E-state index contributed by atoms with van der Waals surface area (Å²) in [4.78, 5) is 42.2. The van der Waals surface area contributed by atoms with Crippen molar-refractivity contribution in [2.24, 2.45) is 0 Å². The maximum atomic E-state index is 14.2. The number of nitrogens with zero attached hydrogens (tertiary/aromatic N) is 1. The minimum absolute atomic E-state index is 0.0363. The van der Waals surface area contributed by atoms with Crippen molar-refractivity contribution in [1.82, 2.24) is 10.2 Å². The number of para-hydroxylation sites is 1. The number of hydrogen-bond donors (Lipinski definition) is 3. The lowest BCUT2D eigenvalue weighted by molar-refractivity contribution is -0.136. The minimum atomic E-state index is -1.20. The number of hydrogen-bond acceptors (Lipinski definition) is 5. The van der Waals surface area contributed by atoms with Gasteiger partial charge in [0, 0.05) is 18.2 Å². The summed E-state index contributed by atoms with van der Waals surface area (Å²) < 4.78 is 5.43. The van der Waals surface area contributed by atoms with Crippen molar-refractivity contribution >= 4 is 23.6 Å². The number of benzene rings is 3. The summed E-state index contributed by atoms with van der Waals surface area (Å²) in [7, 11) is 0. The molecule has 0 spiro atoms. The number of ether oxygens (including phenoxy) is 1. The number of carbonyl (C=O) groups excluding carboxylic acids is 3. The molecule has 0 heterocycles. The molecule has 0 saturated heterocycles. The first kappa shape index (κ1) is 31.8. The van der Waals surface area contributed by atoms with Crippen LogP contribution in [0, 0.1) is 40.2 Å². The fourth-order valence-corrected chi connectivity index (χ4v) is 4.62. The van der Waals surface area contributed by atoms with Gasteiger partial charge in [0.2, 0.25) is 0 Å². The third-order valence-corrected chi connectivity index (χ3v) is 6.92. The van der Waals surface area contributed by atoms with Gasteiger partial charge in [-0.2, -0.15) is 0 Å². The van der Waals surface area contributed by atoms with E-state index in [2.05, 4.69) is 16.7 Å². The highest BCUT2D eigenvalue weighted by atomic mass is 16.6. The molecule has 42 heavy (non-hydrogen) atoms. The molecule has 8 nitrogen and oxygen atoms in total. The fourth-order valence-electron chi connectivity index (χ4n) is 4.62. The van der Waals surface area contributed by atoms with Gasteiger partial charge in [0.15, 0.2) is 0 Å². The van der Waals surface area contributed by atoms with Gasteiger partial charge in [0.05, 0.1) is 0 Å². The van der Waals surface area contributed by atoms with Gasteiger partial charge >= 0.3 is 6.09 Å². The monoisotopic (exact) mass is 569 g/mol. The van der Waals surface area contributed by atoms with E-state index in [0.717, 1.165) is 27.2 Å². The highest BCUT2D eigenvalue weighted by Crippen LogP contribution is 2.30. The van der Waals surface area contributed by atoms with Crippen molar-refractivity contribution in [3.05, 3.63) is 94.0 Å². The Labute approximate surface area is 248 Å². The molecule has 0 radical (unpaired) electrons. The predicted octanol–water partition coefficient (Wildman–Crippen LogP) is 5.86. The van der Waals surface area contributed by atoms with Crippen LogP contribution in [0.1, 0.15) is 60.2 Å². The topological polar surface area (TPSA) is 108 Å². The number of nitrogens with one attached hydrogen (secondary N) is 2. The van der Waals surface area contributed by atoms with E-state index < -0.39 is 35.6 Å². The van der Waals surface area contributed by atoms with Gasteiger partial charge in [-0.25, -0.2) is 4.79 Å². The number of phenolic OH excluding ortho intramolecular Hbond substituents is 1. The molecule has 8 heteroatoms. The number of terminal acetylenes is 1. The Balaban J connectivity index is 2.09. The standard InChI is InChI=1S/C34H39N3O5/c1-9-37(32(40)28(35-33(41)42-34(6,7)8)20-25-16-18-26(38)19-17-25)30(27-15-11-12-21(2)24(27)5)31(39)36-29-22(3)13-10-14-23(29)4/h1,10-19,28,30,38H,20H2,2-8H3,(H,35,41)(H,36,39). The van der Waals surface area contributed by atoms with Crippen LogP contribution in [-0.2, 0) is 20.7 Å². The quantitative estimate of drug-likeness (QED) is 0.233. The van der Waals surface area contributed by atoms with Crippen LogP contribution in [0.15, 0.2) is 60.7 Å². The summed E-state index contributed by atoms with van der Waals surface area (Å²) in [5.74, 6) is -1.10. The van der Waals surface area contributed by atoms with Crippen LogP contribution in [0.4, 0.5) is 10.5 Å². The second-order valence-corrected chi connectivity index (χ2v) is 11.4. The first-order valence-corrected chi connectivity index (χ1v) is 13.7. The molecule has 2 atom stereocenters. The molecule has 3 rings (SSSR count). The van der Waals surface area contributed by atoms with Gasteiger partial charge in [0.1, 0.15) is 23.4 Å². The first-order valence-electron chi connectivity index (χ1n) is 13.7. The molecule has 3 N–H and O–H groups in total. The average Bonchev–Trinajstić information content (AvgIpc) is 2.90. The number of carbonyl (C=O) groups is 3. The Morgan fingerprint density at radius 3 is 2.07 bits per heavy atom. The van der Waals surface area contributed by atoms with Gasteiger partial charge in [-0.3, -0.25) is 14.5 Å². The van der Waals surface area contributed by atoms with Gasteiger partial charge < -0.3 is 20.5 Å². The average molecular weight is 570 g/mol. The Kier molecular flexibility index (Phi) is 10.0. The molecule has 220 valence electrons.